The van der Waals surface area contributed by atoms with Crippen molar-refractivity contribution in [3.8, 4) is 0 Å². The summed E-state index contributed by atoms with van der Waals surface area (Å²) in [6.07, 6.45) is -1.56. The van der Waals surface area contributed by atoms with E-state index in [-0.39, 0.29) is 17.0 Å². The summed E-state index contributed by atoms with van der Waals surface area (Å²) < 4.78 is 37.8. The lowest BCUT2D eigenvalue weighted by atomic mass is 10.1. The summed E-state index contributed by atoms with van der Waals surface area (Å²) in [6, 6.07) is 12.5. The minimum absolute atomic E-state index is 0.0415. The predicted molar refractivity (Wildman–Crippen MR) is 103 cm³/mol. The molecule has 2 aromatic carbocycles. The molecule has 0 bridgehead atoms. The molecule has 0 atom stereocenters. The molecule has 0 saturated carbocycles. The zero-order valence-corrected chi connectivity index (χ0v) is 15.2. The Bertz CT molecular complexity index is 1030. The highest BCUT2D eigenvalue weighted by Crippen LogP contribution is 2.30. The highest BCUT2D eigenvalue weighted by Gasteiger charge is 2.30. The van der Waals surface area contributed by atoms with Crippen LogP contribution in [-0.4, -0.2) is 16.7 Å². The van der Waals surface area contributed by atoms with E-state index in [2.05, 4.69) is 15.6 Å². The SMILES string of the molecule is CC(=O)c1ccc(Nc2cncc(C(=O)Nc3ccc(C(F)(F)F)cc3)c2)cc1. The second kappa shape index (κ2) is 8.14. The van der Waals surface area contributed by atoms with Crippen molar-refractivity contribution in [2.24, 2.45) is 0 Å². The summed E-state index contributed by atoms with van der Waals surface area (Å²) in [7, 11) is 0. The minimum Gasteiger partial charge on any atom is -0.354 e. The van der Waals surface area contributed by atoms with Crippen LogP contribution in [0.5, 0.6) is 0 Å². The van der Waals surface area contributed by atoms with Gasteiger partial charge in [-0.2, -0.15) is 13.2 Å². The van der Waals surface area contributed by atoms with Gasteiger partial charge in [0, 0.05) is 23.1 Å². The Morgan fingerprint density at radius 3 is 2.03 bits per heavy atom. The topological polar surface area (TPSA) is 71.1 Å². The molecule has 0 saturated heterocycles. The zero-order valence-electron chi connectivity index (χ0n) is 15.2. The number of hydrogen-bond donors (Lipinski definition) is 2. The Morgan fingerprint density at radius 2 is 1.45 bits per heavy atom. The van der Waals surface area contributed by atoms with Gasteiger partial charge >= 0.3 is 6.18 Å². The summed E-state index contributed by atoms with van der Waals surface area (Å²) >= 11 is 0. The molecule has 0 spiro atoms. The minimum atomic E-state index is -4.44. The van der Waals surface area contributed by atoms with Crippen LogP contribution in [-0.2, 0) is 6.18 Å². The number of carbonyl (C=O) groups is 2. The number of benzene rings is 2. The van der Waals surface area contributed by atoms with Crippen molar-refractivity contribution in [1.29, 1.82) is 0 Å². The average Bonchev–Trinajstić information content (AvgIpc) is 2.68. The third kappa shape index (κ3) is 5.19. The number of aromatic nitrogens is 1. The van der Waals surface area contributed by atoms with Crippen LogP contribution in [0.3, 0.4) is 0 Å². The van der Waals surface area contributed by atoms with E-state index < -0.39 is 17.6 Å². The number of pyridine rings is 1. The molecule has 2 N–H and O–H groups in total. The van der Waals surface area contributed by atoms with E-state index in [0.29, 0.717) is 16.9 Å². The van der Waals surface area contributed by atoms with Crippen LogP contribution in [0, 0.1) is 0 Å². The Kier molecular flexibility index (Phi) is 5.63. The van der Waals surface area contributed by atoms with Crippen LogP contribution in [0.15, 0.2) is 67.0 Å². The molecule has 1 amide bonds. The largest absolute Gasteiger partial charge is 0.416 e. The van der Waals surface area contributed by atoms with Gasteiger partial charge in [-0.25, -0.2) is 0 Å². The van der Waals surface area contributed by atoms with E-state index >= 15 is 0 Å². The van der Waals surface area contributed by atoms with Gasteiger partial charge in [0.15, 0.2) is 5.78 Å². The average molecular weight is 399 g/mol. The molecule has 0 radical (unpaired) electrons. The number of alkyl halides is 3. The molecule has 0 aliphatic carbocycles. The number of halogens is 3. The van der Waals surface area contributed by atoms with Gasteiger partial charge < -0.3 is 10.6 Å². The van der Waals surface area contributed by atoms with Crippen LogP contribution in [0.1, 0.15) is 33.2 Å². The van der Waals surface area contributed by atoms with Gasteiger partial charge in [0.1, 0.15) is 0 Å². The zero-order chi connectivity index (χ0) is 21.0. The Balaban J connectivity index is 1.70. The molecular formula is C21H16F3N3O2. The normalized spacial score (nSPS) is 11.0. The number of Topliss-reactive ketones (excluding diaryl/α,β-unsaturated/α-hetero) is 1. The molecule has 1 heterocycles. The maximum Gasteiger partial charge on any atom is 0.416 e. The first kappa shape index (κ1) is 20.1. The number of amides is 1. The van der Waals surface area contributed by atoms with Gasteiger partial charge in [0.05, 0.1) is 23.0 Å². The van der Waals surface area contributed by atoms with Crippen molar-refractivity contribution in [2.45, 2.75) is 13.1 Å². The van der Waals surface area contributed by atoms with Crippen molar-refractivity contribution >= 4 is 28.8 Å². The summed E-state index contributed by atoms with van der Waals surface area (Å²) in [5.41, 5.74) is 1.51. The van der Waals surface area contributed by atoms with E-state index in [1.54, 1.807) is 30.3 Å². The first-order valence-electron chi connectivity index (χ1n) is 8.54. The first-order valence-corrected chi connectivity index (χ1v) is 8.54. The number of ketones is 1. The third-order valence-corrected chi connectivity index (χ3v) is 4.05. The van der Waals surface area contributed by atoms with Gasteiger partial charge in [-0.1, -0.05) is 0 Å². The Labute approximate surface area is 164 Å². The predicted octanol–water partition coefficient (Wildman–Crippen LogP) is 5.30. The van der Waals surface area contributed by atoms with Crippen molar-refractivity contribution in [2.75, 3.05) is 10.6 Å². The fraction of sp³-hybridized carbons (Fsp3) is 0.0952. The molecule has 29 heavy (non-hydrogen) atoms. The monoisotopic (exact) mass is 399 g/mol. The van der Waals surface area contributed by atoms with Crippen LogP contribution in [0.4, 0.5) is 30.2 Å². The molecular weight excluding hydrogens is 383 g/mol. The standard InChI is InChI=1S/C21H16F3N3O2/c1-13(28)14-2-6-17(7-3-14)26-19-10-15(11-25-12-19)20(29)27-18-8-4-16(5-9-18)21(22,23)24/h2-12,26H,1H3,(H,27,29). The van der Waals surface area contributed by atoms with E-state index in [1.807, 2.05) is 0 Å². The van der Waals surface area contributed by atoms with Gasteiger partial charge in [0.25, 0.3) is 5.91 Å². The number of nitrogens with one attached hydrogen (secondary N) is 2. The van der Waals surface area contributed by atoms with Crippen molar-refractivity contribution in [3.63, 3.8) is 0 Å². The quantitative estimate of drug-likeness (QED) is 0.571. The molecule has 8 heteroatoms. The first-order chi connectivity index (χ1) is 13.7. The van der Waals surface area contributed by atoms with Crippen LogP contribution in [0.2, 0.25) is 0 Å². The molecule has 148 valence electrons. The van der Waals surface area contributed by atoms with E-state index in [1.165, 1.54) is 31.5 Å². The van der Waals surface area contributed by atoms with Crippen LogP contribution < -0.4 is 10.6 Å². The third-order valence-electron chi connectivity index (χ3n) is 4.05. The van der Waals surface area contributed by atoms with Gasteiger partial charge in [0.2, 0.25) is 0 Å². The molecule has 5 nitrogen and oxygen atoms in total. The van der Waals surface area contributed by atoms with Gasteiger partial charge in [-0.3, -0.25) is 14.6 Å². The van der Waals surface area contributed by atoms with Crippen molar-refractivity contribution < 1.29 is 22.8 Å². The van der Waals surface area contributed by atoms with Gasteiger partial charge in [-0.05, 0) is 61.5 Å². The highest BCUT2D eigenvalue weighted by molar-refractivity contribution is 6.04. The lowest BCUT2D eigenvalue weighted by molar-refractivity contribution is -0.137. The fourth-order valence-electron chi connectivity index (χ4n) is 2.53. The van der Waals surface area contributed by atoms with Crippen LogP contribution in [0.25, 0.3) is 0 Å². The number of nitrogens with zero attached hydrogens (tertiary/aromatic N) is 1. The summed E-state index contributed by atoms with van der Waals surface area (Å²) in [5, 5.41) is 5.61. The summed E-state index contributed by atoms with van der Waals surface area (Å²) in [6.45, 7) is 1.48. The number of hydrogen-bond acceptors (Lipinski definition) is 4. The second-order valence-corrected chi connectivity index (χ2v) is 6.25. The van der Waals surface area contributed by atoms with Crippen molar-refractivity contribution in [1.82, 2.24) is 4.98 Å². The molecule has 1 aromatic heterocycles. The van der Waals surface area contributed by atoms with E-state index in [9.17, 15) is 22.8 Å². The van der Waals surface area contributed by atoms with E-state index in [4.69, 9.17) is 0 Å². The molecule has 0 unspecified atom stereocenters. The number of rotatable bonds is 5. The van der Waals surface area contributed by atoms with Crippen LogP contribution >= 0.6 is 0 Å². The Hall–Kier alpha value is -3.68. The summed E-state index contributed by atoms with van der Waals surface area (Å²) in [4.78, 5) is 27.7. The molecule has 3 aromatic rings. The van der Waals surface area contributed by atoms with E-state index in [0.717, 1.165) is 12.1 Å². The maximum absolute atomic E-state index is 12.6. The lowest BCUT2D eigenvalue weighted by Gasteiger charge is -2.10. The van der Waals surface area contributed by atoms with Gasteiger partial charge in [-0.15, -0.1) is 0 Å². The molecule has 0 aliphatic rings. The number of carbonyl (C=O) groups excluding carboxylic acids is 2. The maximum atomic E-state index is 12.6. The highest BCUT2D eigenvalue weighted by atomic mass is 19.4. The fourth-order valence-corrected chi connectivity index (χ4v) is 2.53. The molecule has 0 aliphatic heterocycles. The summed E-state index contributed by atoms with van der Waals surface area (Å²) in [5.74, 6) is -0.548. The Morgan fingerprint density at radius 1 is 0.828 bits per heavy atom. The molecule has 3 rings (SSSR count). The number of anilines is 3. The lowest BCUT2D eigenvalue weighted by Crippen LogP contribution is -2.13. The molecule has 0 fully saturated rings. The smallest absolute Gasteiger partial charge is 0.354 e. The van der Waals surface area contributed by atoms with Crippen molar-refractivity contribution in [3.05, 3.63) is 83.7 Å². The second-order valence-electron chi connectivity index (χ2n) is 6.25.